The van der Waals surface area contributed by atoms with E-state index in [1.54, 1.807) is 28.1 Å². The number of H-pyrrole nitrogens is 1. The van der Waals surface area contributed by atoms with Crippen LogP contribution in [0.3, 0.4) is 0 Å². The normalized spacial score (nSPS) is 19.0. The number of nitrogens with zero attached hydrogens (tertiary/aromatic N) is 3. The van der Waals surface area contributed by atoms with Crippen molar-refractivity contribution in [1.82, 2.24) is 19.8 Å². The minimum Gasteiger partial charge on any atom is -0.450 e. The van der Waals surface area contributed by atoms with E-state index in [0.717, 1.165) is 29.5 Å². The number of thiophene rings is 1. The van der Waals surface area contributed by atoms with Gasteiger partial charge in [-0.05, 0) is 43.1 Å². The summed E-state index contributed by atoms with van der Waals surface area (Å²) in [6.45, 7) is 10.9. The zero-order valence-corrected chi connectivity index (χ0v) is 20.8. The van der Waals surface area contributed by atoms with Gasteiger partial charge in [0, 0.05) is 43.9 Å². The number of piperazine rings is 1. The zero-order valence-electron chi connectivity index (χ0n) is 20.0. The predicted molar refractivity (Wildman–Crippen MR) is 129 cm³/mol. The van der Waals surface area contributed by atoms with Crippen molar-refractivity contribution in [3.63, 3.8) is 0 Å². The lowest BCUT2D eigenvalue weighted by atomic mass is 9.72. The summed E-state index contributed by atoms with van der Waals surface area (Å²) in [4.78, 5) is 50.5. The van der Waals surface area contributed by atoms with Gasteiger partial charge in [0.2, 0.25) is 5.91 Å². The molecule has 0 spiro atoms. The van der Waals surface area contributed by atoms with E-state index in [0.29, 0.717) is 50.9 Å². The van der Waals surface area contributed by atoms with Gasteiger partial charge in [-0.25, -0.2) is 9.78 Å². The smallest absolute Gasteiger partial charge is 0.409 e. The topological polar surface area (TPSA) is 95.6 Å². The average Bonchev–Trinajstić information content (AvgIpc) is 3.15. The number of amides is 2. The van der Waals surface area contributed by atoms with Crippen LogP contribution in [0.2, 0.25) is 0 Å². The molecule has 33 heavy (non-hydrogen) atoms. The first-order chi connectivity index (χ1) is 15.7. The first kappa shape index (κ1) is 23.7. The molecule has 1 fully saturated rings. The highest BCUT2D eigenvalue weighted by Gasteiger charge is 2.32. The lowest BCUT2D eigenvalue weighted by Crippen LogP contribution is -2.50. The number of hydrogen-bond donors (Lipinski definition) is 1. The Labute approximate surface area is 198 Å². The molecule has 8 nitrogen and oxygen atoms in total. The van der Waals surface area contributed by atoms with Crippen LogP contribution < -0.4 is 5.56 Å². The van der Waals surface area contributed by atoms with E-state index < -0.39 is 0 Å². The molecule has 2 amide bonds. The molecule has 2 aromatic heterocycles. The number of ether oxygens (including phenoxy) is 1. The second-order valence-electron chi connectivity index (χ2n) is 10.1. The van der Waals surface area contributed by atoms with Crippen molar-refractivity contribution in [2.24, 2.45) is 11.3 Å². The molecule has 2 aliphatic rings. The van der Waals surface area contributed by atoms with E-state index in [1.165, 1.54) is 10.4 Å². The molecule has 1 atom stereocenters. The van der Waals surface area contributed by atoms with E-state index in [-0.39, 0.29) is 29.4 Å². The summed E-state index contributed by atoms with van der Waals surface area (Å²) in [5, 5.41) is 0.743. The summed E-state index contributed by atoms with van der Waals surface area (Å²) >= 11 is 1.64. The van der Waals surface area contributed by atoms with Gasteiger partial charge in [-0.1, -0.05) is 20.8 Å². The molecule has 4 rings (SSSR count). The maximum Gasteiger partial charge on any atom is 0.409 e. The van der Waals surface area contributed by atoms with Gasteiger partial charge < -0.3 is 19.5 Å². The highest BCUT2D eigenvalue weighted by molar-refractivity contribution is 7.18. The predicted octanol–water partition coefficient (Wildman–Crippen LogP) is 3.37. The van der Waals surface area contributed by atoms with Crippen LogP contribution in [0.4, 0.5) is 4.79 Å². The molecule has 0 bridgehead atoms. The van der Waals surface area contributed by atoms with E-state index >= 15 is 0 Å². The van der Waals surface area contributed by atoms with Gasteiger partial charge in [0.05, 0.1) is 12.0 Å². The van der Waals surface area contributed by atoms with E-state index in [4.69, 9.17) is 9.72 Å². The van der Waals surface area contributed by atoms with Crippen molar-refractivity contribution in [1.29, 1.82) is 0 Å². The summed E-state index contributed by atoms with van der Waals surface area (Å²) < 4.78 is 5.02. The van der Waals surface area contributed by atoms with Crippen LogP contribution in [0, 0.1) is 11.3 Å². The van der Waals surface area contributed by atoms with E-state index in [1.807, 2.05) is 0 Å². The lowest BCUT2D eigenvalue weighted by Gasteiger charge is -2.34. The number of fused-ring (bicyclic) bond motifs is 3. The zero-order chi connectivity index (χ0) is 23.8. The van der Waals surface area contributed by atoms with Crippen molar-refractivity contribution in [2.75, 3.05) is 32.8 Å². The van der Waals surface area contributed by atoms with Gasteiger partial charge in [-0.3, -0.25) is 9.59 Å². The minimum absolute atomic E-state index is 0.0137. The molecule has 0 unspecified atom stereocenters. The fourth-order valence-corrected chi connectivity index (χ4v) is 6.14. The van der Waals surface area contributed by atoms with Crippen molar-refractivity contribution < 1.29 is 14.3 Å². The van der Waals surface area contributed by atoms with Crippen LogP contribution in [0.25, 0.3) is 10.2 Å². The number of hydrogen-bond acceptors (Lipinski definition) is 6. The second kappa shape index (κ2) is 9.44. The number of rotatable bonds is 4. The van der Waals surface area contributed by atoms with Crippen LogP contribution in [-0.4, -0.2) is 64.6 Å². The number of nitrogens with one attached hydrogen (secondary N) is 1. The Morgan fingerprint density at radius 3 is 2.55 bits per heavy atom. The molecule has 9 heteroatoms. The Bertz CT molecular complexity index is 1090. The van der Waals surface area contributed by atoms with Crippen LogP contribution in [0.15, 0.2) is 4.79 Å². The van der Waals surface area contributed by atoms with E-state index in [2.05, 4.69) is 25.8 Å². The van der Waals surface area contributed by atoms with Crippen molar-refractivity contribution >= 4 is 33.6 Å². The van der Waals surface area contributed by atoms with E-state index in [9.17, 15) is 14.4 Å². The highest BCUT2D eigenvalue weighted by Crippen LogP contribution is 2.41. The third-order valence-electron chi connectivity index (χ3n) is 6.93. The number of aromatic nitrogens is 2. The molecule has 1 saturated heterocycles. The van der Waals surface area contributed by atoms with Crippen molar-refractivity contribution in [3.05, 3.63) is 26.6 Å². The molecule has 1 aliphatic heterocycles. The van der Waals surface area contributed by atoms with Crippen LogP contribution in [0.1, 0.15) is 56.8 Å². The number of carbonyl (C=O) groups is 2. The Morgan fingerprint density at radius 1 is 1.18 bits per heavy atom. The van der Waals surface area contributed by atoms with Crippen molar-refractivity contribution in [2.45, 2.75) is 59.8 Å². The van der Waals surface area contributed by atoms with Crippen LogP contribution in [-0.2, 0) is 28.8 Å². The number of aromatic amines is 1. The molecule has 1 N–H and O–H groups in total. The Morgan fingerprint density at radius 2 is 1.88 bits per heavy atom. The molecular weight excluding hydrogens is 440 g/mol. The van der Waals surface area contributed by atoms with Crippen LogP contribution >= 0.6 is 11.3 Å². The summed E-state index contributed by atoms with van der Waals surface area (Å²) in [5.41, 5.74) is 1.34. The first-order valence-electron chi connectivity index (χ1n) is 11.9. The summed E-state index contributed by atoms with van der Waals surface area (Å²) in [6.07, 6.45) is 3.39. The first-order valence-corrected chi connectivity index (χ1v) is 12.7. The summed E-state index contributed by atoms with van der Waals surface area (Å²) in [5.74, 6) is 1.19. The Balaban J connectivity index is 1.39. The summed E-state index contributed by atoms with van der Waals surface area (Å²) in [7, 11) is 0. The highest BCUT2D eigenvalue weighted by atomic mass is 32.1. The molecule has 180 valence electrons. The second-order valence-corrected chi connectivity index (χ2v) is 11.2. The quantitative estimate of drug-likeness (QED) is 0.733. The Kier molecular flexibility index (Phi) is 6.79. The minimum atomic E-state index is -0.327. The molecule has 2 aromatic rings. The maximum absolute atomic E-state index is 12.9. The molecule has 1 aliphatic carbocycles. The van der Waals surface area contributed by atoms with Gasteiger partial charge in [0.1, 0.15) is 10.7 Å². The molecule has 0 aromatic carbocycles. The lowest BCUT2D eigenvalue weighted by molar-refractivity contribution is -0.132. The largest absolute Gasteiger partial charge is 0.450 e. The standard InChI is InChI=1S/C24H34N4O4S/c1-5-32-23(31)28-12-10-27(11-13-28)19(29)9-8-18-25-21(30)20-16-7-6-15(24(2,3)4)14-17(16)33-22(20)26-18/h15H,5-14H2,1-4H3,(H,25,26,30)/t15-/m0/s1. The fourth-order valence-electron chi connectivity index (χ4n) is 4.82. The third-order valence-corrected chi connectivity index (χ3v) is 8.08. The van der Waals surface area contributed by atoms with Gasteiger partial charge in [-0.2, -0.15) is 0 Å². The Hall–Kier alpha value is -2.42. The molecule has 0 radical (unpaired) electrons. The van der Waals surface area contributed by atoms with Crippen molar-refractivity contribution in [3.8, 4) is 0 Å². The average molecular weight is 475 g/mol. The van der Waals surface area contributed by atoms with Crippen LogP contribution in [0.5, 0.6) is 0 Å². The molecule has 3 heterocycles. The monoisotopic (exact) mass is 474 g/mol. The SMILES string of the molecule is CCOC(=O)N1CCN(C(=O)CCc2nc3sc4c(c3c(=O)[nH]2)CC[C@H](C(C)(C)C)C4)CC1. The fraction of sp³-hybridized carbons (Fsp3) is 0.667. The number of carbonyl (C=O) groups excluding carboxylic acids is 2. The summed E-state index contributed by atoms with van der Waals surface area (Å²) in [6, 6.07) is 0. The molecular formula is C24H34N4O4S. The van der Waals surface area contributed by atoms with Gasteiger partial charge in [-0.15, -0.1) is 11.3 Å². The number of aryl methyl sites for hydroxylation is 2. The third kappa shape index (κ3) is 5.08. The molecule has 0 saturated carbocycles. The maximum atomic E-state index is 12.9. The van der Waals surface area contributed by atoms with Gasteiger partial charge in [0.25, 0.3) is 5.56 Å². The van der Waals surface area contributed by atoms with Gasteiger partial charge in [0.15, 0.2) is 0 Å². The van der Waals surface area contributed by atoms with Gasteiger partial charge >= 0.3 is 6.09 Å².